The Hall–Kier alpha value is -2.59. The van der Waals surface area contributed by atoms with Gasteiger partial charge in [0.25, 0.3) is 0 Å². The molecule has 0 atom stereocenters. The van der Waals surface area contributed by atoms with E-state index < -0.39 is 11.2 Å². The summed E-state index contributed by atoms with van der Waals surface area (Å²) in [6.45, 7) is 1.75. The third-order valence-corrected chi connectivity index (χ3v) is 3.87. The Morgan fingerprint density at radius 1 is 1.17 bits per heavy atom. The molecule has 3 aromatic rings. The minimum atomic E-state index is -0.568. The number of carbonyl (C=O) groups excluding carboxylic acids is 1. The number of rotatable bonds is 3. The van der Waals surface area contributed by atoms with Crippen molar-refractivity contribution in [2.45, 2.75) is 13.3 Å². The predicted octanol–water partition coefficient (Wildman–Crippen LogP) is 4.41. The van der Waals surface area contributed by atoms with Crippen molar-refractivity contribution in [3.63, 3.8) is 0 Å². The van der Waals surface area contributed by atoms with E-state index in [0.717, 1.165) is 0 Å². The second-order valence-electron chi connectivity index (χ2n) is 5.10. The van der Waals surface area contributed by atoms with Crippen LogP contribution in [0.4, 0.5) is 0 Å². The molecule has 23 heavy (non-hydrogen) atoms. The number of hydrogen-bond donors (Lipinski definition) is 1. The first-order chi connectivity index (χ1) is 11.0. The first-order valence-corrected chi connectivity index (χ1v) is 7.48. The second kappa shape index (κ2) is 5.89. The fraction of sp³-hybridized carbons (Fsp3) is 0.111. The molecule has 1 heterocycles. The summed E-state index contributed by atoms with van der Waals surface area (Å²) in [5, 5.41) is 10.9. The average molecular weight is 329 g/mol. The molecule has 0 aliphatic heterocycles. The van der Waals surface area contributed by atoms with E-state index >= 15 is 0 Å². The fourth-order valence-electron chi connectivity index (χ4n) is 2.36. The molecule has 1 N–H and O–H groups in total. The molecule has 0 unspecified atom stereocenters. The zero-order chi connectivity index (χ0) is 16.6. The molecule has 4 nitrogen and oxygen atoms in total. The summed E-state index contributed by atoms with van der Waals surface area (Å²) in [5.41, 5.74) is 0.706. The maximum absolute atomic E-state index is 12.4. The van der Waals surface area contributed by atoms with Crippen LogP contribution < -0.4 is 5.43 Å². The predicted molar refractivity (Wildman–Crippen MR) is 89.2 cm³/mol. The quantitative estimate of drug-likeness (QED) is 0.723. The molecule has 3 rings (SSSR count). The van der Waals surface area contributed by atoms with Crippen molar-refractivity contribution in [1.82, 2.24) is 0 Å². The highest BCUT2D eigenvalue weighted by Crippen LogP contribution is 2.31. The van der Waals surface area contributed by atoms with Gasteiger partial charge in [-0.05, 0) is 42.5 Å². The molecule has 0 spiro atoms. The monoisotopic (exact) mass is 328 g/mol. The van der Waals surface area contributed by atoms with E-state index in [9.17, 15) is 14.7 Å². The van der Waals surface area contributed by atoms with Crippen LogP contribution in [0.1, 0.15) is 23.7 Å². The molecule has 0 saturated carbocycles. The lowest BCUT2D eigenvalue weighted by Gasteiger charge is -2.07. The minimum absolute atomic E-state index is 0.0763. The Morgan fingerprint density at radius 3 is 2.52 bits per heavy atom. The summed E-state index contributed by atoms with van der Waals surface area (Å²) in [6, 6.07) is 11.2. The summed E-state index contributed by atoms with van der Waals surface area (Å²) in [7, 11) is 0. The Kier molecular flexibility index (Phi) is 3.92. The Labute approximate surface area is 136 Å². The normalized spacial score (nSPS) is 10.9. The molecule has 0 aliphatic carbocycles. The molecule has 0 bridgehead atoms. The lowest BCUT2D eigenvalue weighted by Crippen LogP contribution is -2.05. The van der Waals surface area contributed by atoms with E-state index in [0.29, 0.717) is 28.2 Å². The molecule has 0 fully saturated rings. The highest BCUT2D eigenvalue weighted by Gasteiger charge is 2.16. The van der Waals surface area contributed by atoms with Gasteiger partial charge in [0.2, 0.25) is 11.2 Å². The van der Waals surface area contributed by atoms with E-state index in [4.69, 9.17) is 16.0 Å². The zero-order valence-corrected chi connectivity index (χ0v) is 13.1. The van der Waals surface area contributed by atoms with Gasteiger partial charge < -0.3 is 9.52 Å². The van der Waals surface area contributed by atoms with Crippen molar-refractivity contribution in [3.8, 4) is 17.1 Å². The van der Waals surface area contributed by atoms with E-state index in [1.165, 1.54) is 6.07 Å². The van der Waals surface area contributed by atoms with Gasteiger partial charge in [0.05, 0.1) is 5.39 Å². The number of halogens is 1. The highest BCUT2D eigenvalue weighted by atomic mass is 35.5. The number of hydrogen-bond acceptors (Lipinski definition) is 4. The maximum Gasteiger partial charge on any atom is 0.235 e. The van der Waals surface area contributed by atoms with Gasteiger partial charge in [-0.25, -0.2) is 0 Å². The number of Topliss-reactive ketones (excluding diaryl/α,β-unsaturated/α-hetero) is 1. The smallest absolute Gasteiger partial charge is 0.235 e. The molecule has 0 saturated heterocycles. The number of fused-ring (bicyclic) bond motifs is 1. The van der Waals surface area contributed by atoms with Crippen LogP contribution >= 0.6 is 11.6 Å². The van der Waals surface area contributed by atoms with Crippen molar-refractivity contribution >= 4 is 28.4 Å². The van der Waals surface area contributed by atoms with E-state index in [1.807, 2.05) is 0 Å². The summed E-state index contributed by atoms with van der Waals surface area (Å²) in [6.07, 6.45) is 0.339. The third kappa shape index (κ3) is 2.73. The van der Waals surface area contributed by atoms with Crippen LogP contribution in [0.15, 0.2) is 51.7 Å². The first-order valence-electron chi connectivity index (χ1n) is 7.10. The second-order valence-corrected chi connectivity index (χ2v) is 5.54. The summed E-state index contributed by atoms with van der Waals surface area (Å²) < 4.78 is 5.66. The minimum Gasteiger partial charge on any atom is -0.502 e. The van der Waals surface area contributed by atoms with Gasteiger partial charge in [0, 0.05) is 22.6 Å². The zero-order valence-electron chi connectivity index (χ0n) is 12.3. The van der Waals surface area contributed by atoms with Crippen LogP contribution in [0.5, 0.6) is 5.75 Å². The number of ketones is 1. The van der Waals surface area contributed by atoms with Crippen LogP contribution in [0, 0.1) is 0 Å². The summed E-state index contributed by atoms with van der Waals surface area (Å²) in [4.78, 5) is 24.2. The van der Waals surface area contributed by atoms with Crippen molar-refractivity contribution < 1.29 is 14.3 Å². The molecule has 2 aromatic carbocycles. The Balaban J connectivity index is 2.24. The number of benzene rings is 2. The molecule has 0 aliphatic rings. The lowest BCUT2D eigenvalue weighted by atomic mass is 10.0. The van der Waals surface area contributed by atoms with Gasteiger partial charge in [-0.1, -0.05) is 18.5 Å². The topological polar surface area (TPSA) is 67.5 Å². The van der Waals surface area contributed by atoms with Crippen LogP contribution in [0.3, 0.4) is 0 Å². The maximum atomic E-state index is 12.4. The fourth-order valence-corrected chi connectivity index (χ4v) is 2.49. The Bertz CT molecular complexity index is 955. The van der Waals surface area contributed by atoms with Crippen molar-refractivity contribution in [2.24, 2.45) is 0 Å². The van der Waals surface area contributed by atoms with E-state index in [2.05, 4.69) is 0 Å². The summed E-state index contributed by atoms with van der Waals surface area (Å²) >= 11 is 5.84. The molecule has 116 valence electrons. The van der Waals surface area contributed by atoms with E-state index in [-0.39, 0.29) is 16.9 Å². The van der Waals surface area contributed by atoms with Gasteiger partial charge in [0.15, 0.2) is 11.5 Å². The lowest BCUT2D eigenvalue weighted by molar-refractivity contribution is 0.0988. The summed E-state index contributed by atoms with van der Waals surface area (Å²) in [5.74, 6) is -0.484. The first kappa shape index (κ1) is 15.3. The van der Waals surface area contributed by atoms with Gasteiger partial charge in [-0.3, -0.25) is 9.59 Å². The van der Waals surface area contributed by atoms with Crippen LogP contribution in [0.2, 0.25) is 5.02 Å². The molecular weight excluding hydrogens is 316 g/mol. The number of carbonyl (C=O) groups is 1. The van der Waals surface area contributed by atoms with Crippen molar-refractivity contribution in [2.75, 3.05) is 0 Å². The Morgan fingerprint density at radius 2 is 1.87 bits per heavy atom. The molecular formula is C18H13ClO4. The largest absolute Gasteiger partial charge is 0.502 e. The van der Waals surface area contributed by atoms with Crippen LogP contribution in [-0.4, -0.2) is 10.9 Å². The SMILES string of the molecule is CCC(=O)c1ccc2oc(-c3ccc(Cl)cc3)c(O)c(=O)c2c1. The van der Waals surface area contributed by atoms with Crippen LogP contribution in [-0.2, 0) is 0 Å². The third-order valence-electron chi connectivity index (χ3n) is 3.62. The average Bonchev–Trinajstić information content (AvgIpc) is 2.58. The van der Waals surface area contributed by atoms with Crippen LogP contribution in [0.25, 0.3) is 22.3 Å². The number of aromatic hydroxyl groups is 1. The van der Waals surface area contributed by atoms with Gasteiger partial charge in [-0.15, -0.1) is 0 Å². The highest BCUT2D eigenvalue weighted by molar-refractivity contribution is 6.30. The van der Waals surface area contributed by atoms with E-state index in [1.54, 1.807) is 43.3 Å². The molecule has 0 amide bonds. The van der Waals surface area contributed by atoms with Gasteiger partial charge in [-0.2, -0.15) is 0 Å². The molecule has 5 heteroatoms. The molecule has 0 radical (unpaired) electrons. The standard InChI is InChI=1S/C18H13ClO4/c1-2-14(20)11-5-8-15-13(9-11)16(21)17(22)18(23-15)10-3-6-12(19)7-4-10/h3-9,22H,2H2,1H3. The van der Waals surface area contributed by atoms with Gasteiger partial charge in [0.1, 0.15) is 5.58 Å². The van der Waals surface area contributed by atoms with Crippen molar-refractivity contribution in [3.05, 3.63) is 63.3 Å². The molecule has 1 aromatic heterocycles. The van der Waals surface area contributed by atoms with Gasteiger partial charge >= 0.3 is 0 Å². The van der Waals surface area contributed by atoms with Crippen molar-refractivity contribution in [1.29, 1.82) is 0 Å².